The number of hydrogen-bond acceptors (Lipinski definition) is 2. The molecule has 0 amide bonds. The molecule has 0 spiro atoms. The number of benzene rings is 1. The van der Waals surface area contributed by atoms with Crippen molar-refractivity contribution in [2.75, 3.05) is 19.6 Å². The van der Waals surface area contributed by atoms with Crippen molar-refractivity contribution >= 4 is 0 Å². The number of likely N-dealkylation sites (tertiary alicyclic amines) is 1. The predicted octanol–water partition coefficient (Wildman–Crippen LogP) is 2.84. The number of nitrogens with zero attached hydrogens (tertiary/aromatic N) is 1. The highest BCUT2D eigenvalue weighted by Gasteiger charge is 2.40. The van der Waals surface area contributed by atoms with Crippen molar-refractivity contribution in [2.45, 2.75) is 32.8 Å². The van der Waals surface area contributed by atoms with Gasteiger partial charge in [0.1, 0.15) is 0 Å². The van der Waals surface area contributed by atoms with Crippen LogP contribution in [0.1, 0.15) is 38.4 Å². The van der Waals surface area contributed by atoms with Gasteiger partial charge in [0, 0.05) is 19.6 Å². The van der Waals surface area contributed by atoms with E-state index in [1.165, 1.54) is 12.8 Å². The standard InChI is InChI=1S/C15H23NO/c1-3-15(4-2)11-16(12-15)10-14(17)13-8-6-5-7-9-13/h5-9,14,17H,3-4,10-12H2,1-2H3. The Labute approximate surface area is 104 Å². The lowest BCUT2D eigenvalue weighted by Crippen LogP contribution is -2.56. The van der Waals surface area contributed by atoms with Gasteiger partial charge in [0.25, 0.3) is 0 Å². The van der Waals surface area contributed by atoms with Gasteiger partial charge in [-0.1, -0.05) is 44.2 Å². The molecule has 2 rings (SSSR count). The van der Waals surface area contributed by atoms with Gasteiger partial charge < -0.3 is 5.11 Å². The molecule has 1 aromatic rings. The summed E-state index contributed by atoms with van der Waals surface area (Å²) < 4.78 is 0. The van der Waals surface area contributed by atoms with E-state index in [9.17, 15) is 5.11 Å². The Morgan fingerprint density at radius 1 is 1.18 bits per heavy atom. The molecule has 1 aliphatic heterocycles. The van der Waals surface area contributed by atoms with Crippen LogP contribution in [-0.2, 0) is 0 Å². The zero-order chi connectivity index (χ0) is 12.3. The van der Waals surface area contributed by atoms with Crippen LogP contribution >= 0.6 is 0 Å². The van der Waals surface area contributed by atoms with Crippen LogP contribution in [0.25, 0.3) is 0 Å². The highest BCUT2D eigenvalue weighted by molar-refractivity contribution is 5.17. The normalized spacial score (nSPS) is 20.9. The van der Waals surface area contributed by atoms with E-state index in [4.69, 9.17) is 0 Å². The number of hydrogen-bond donors (Lipinski definition) is 1. The molecule has 0 radical (unpaired) electrons. The molecule has 1 aliphatic rings. The third-order valence-corrected chi connectivity index (χ3v) is 4.23. The van der Waals surface area contributed by atoms with Crippen molar-refractivity contribution in [3.63, 3.8) is 0 Å². The molecule has 94 valence electrons. The molecule has 1 saturated heterocycles. The minimum atomic E-state index is -0.345. The molecular formula is C15H23NO. The Bertz CT molecular complexity index is 337. The summed E-state index contributed by atoms with van der Waals surface area (Å²) in [5, 5.41) is 10.1. The lowest BCUT2D eigenvalue weighted by Gasteiger charge is -2.50. The van der Waals surface area contributed by atoms with Crippen LogP contribution in [0.2, 0.25) is 0 Å². The average molecular weight is 233 g/mol. The van der Waals surface area contributed by atoms with Crippen molar-refractivity contribution < 1.29 is 5.11 Å². The Morgan fingerprint density at radius 2 is 1.76 bits per heavy atom. The lowest BCUT2D eigenvalue weighted by atomic mass is 9.75. The van der Waals surface area contributed by atoms with Crippen LogP contribution in [0.5, 0.6) is 0 Å². The minimum absolute atomic E-state index is 0.345. The maximum atomic E-state index is 10.1. The van der Waals surface area contributed by atoms with Crippen LogP contribution in [0.4, 0.5) is 0 Å². The van der Waals surface area contributed by atoms with Gasteiger partial charge in [-0.15, -0.1) is 0 Å². The molecule has 0 aliphatic carbocycles. The zero-order valence-electron chi connectivity index (χ0n) is 10.9. The first kappa shape index (κ1) is 12.6. The molecule has 1 N–H and O–H groups in total. The third-order valence-electron chi connectivity index (χ3n) is 4.23. The monoisotopic (exact) mass is 233 g/mol. The average Bonchev–Trinajstić information content (AvgIpc) is 2.34. The van der Waals surface area contributed by atoms with Crippen molar-refractivity contribution in [3.05, 3.63) is 35.9 Å². The Balaban J connectivity index is 1.84. The first-order valence-corrected chi connectivity index (χ1v) is 6.64. The van der Waals surface area contributed by atoms with Gasteiger partial charge in [-0.3, -0.25) is 4.90 Å². The SMILES string of the molecule is CCC1(CC)CN(CC(O)c2ccccc2)C1. The van der Waals surface area contributed by atoms with E-state index < -0.39 is 0 Å². The molecule has 0 bridgehead atoms. The summed E-state index contributed by atoms with van der Waals surface area (Å²) in [5.41, 5.74) is 1.55. The molecule has 17 heavy (non-hydrogen) atoms. The summed E-state index contributed by atoms with van der Waals surface area (Å²) in [6, 6.07) is 9.95. The maximum absolute atomic E-state index is 10.1. The topological polar surface area (TPSA) is 23.5 Å². The van der Waals surface area contributed by atoms with Crippen LogP contribution < -0.4 is 0 Å². The first-order chi connectivity index (χ1) is 8.19. The van der Waals surface area contributed by atoms with E-state index in [2.05, 4.69) is 18.7 Å². The van der Waals surface area contributed by atoms with Crippen LogP contribution in [-0.4, -0.2) is 29.6 Å². The molecule has 2 heteroatoms. The van der Waals surface area contributed by atoms with Gasteiger partial charge in [-0.2, -0.15) is 0 Å². The van der Waals surface area contributed by atoms with E-state index in [0.717, 1.165) is 25.2 Å². The van der Waals surface area contributed by atoms with Crippen LogP contribution in [0.15, 0.2) is 30.3 Å². The van der Waals surface area contributed by atoms with Crippen molar-refractivity contribution in [1.82, 2.24) is 4.90 Å². The van der Waals surface area contributed by atoms with Gasteiger partial charge in [-0.25, -0.2) is 0 Å². The van der Waals surface area contributed by atoms with Gasteiger partial charge >= 0.3 is 0 Å². The summed E-state index contributed by atoms with van der Waals surface area (Å²) in [6.45, 7) is 7.60. The van der Waals surface area contributed by atoms with Crippen LogP contribution in [0.3, 0.4) is 0 Å². The quantitative estimate of drug-likeness (QED) is 0.845. The second-order valence-electron chi connectivity index (χ2n) is 5.30. The zero-order valence-corrected chi connectivity index (χ0v) is 10.9. The molecule has 1 atom stereocenters. The minimum Gasteiger partial charge on any atom is -0.387 e. The summed E-state index contributed by atoms with van der Waals surface area (Å²) in [6.07, 6.45) is 2.16. The van der Waals surface area contributed by atoms with Gasteiger partial charge in [0.2, 0.25) is 0 Å². The number of aliphatic hydroxyl groups excluding tert-OH is 1. The van der Waals surface area contributed by atoms with E-state index in [1.807, 2.05) is 30.3 Å². The summed E-state index contributed by atoms with van der Waals surface area (Å²) in [7, 11) is 0. The van der Waals surface area contributed by atoms with Crippen molar-refractivity contribution in [2.24, 2.45) is 5.41 Å². The van der Waals surface area contributed by atoms with E-state index in [-0.39, 0.29) is 6.10 Å². The highest BCUT2D eigenvalue weighted by Crippen LogP contribution is 2.37. The summed E-state index contributed by atoms with van der Waals surface area (Å²) in [5.74, 6) is 0. The van der Waals surface area contributed by atoms with Gasteiger partial charge in [-0.05, 0) is 23.8 Å². The number of β-amino-alcohol motifs (C(OH)–C–C–N with tert-alkyl or cyclic N) is 1. The first-order valence-electron chi connectivity index (χ1n) is 6.64. The van der Waals surface area contributed by atoms with Crippen molar-refractivity contribution in [3.8, 4) is 0 Å². The number of rotatable bonds is 5. The van der Waals surface area contributed by atoms with E-state index in [1.54, 1.807) is 0 Å². The fourth-order valence-electron chi connectivity index (χ4n) is 2.75. The third kappa shape index (κ3) is 2.70. The second-order valence-corrected chi connectivity index (χ2v) is 5.30. The molecule has 1 heterocycles. The lowest BCUT2D eigenvalue weighted by molar-refractivity contribution is -0.0330. The maximum Gasteiger partial charge on any atom is 0.0916 e. The highest BCUT2D eigenvalue weighted by atomic mass is 16.3. The molecule has 1 unspecified atom stereocenters. The smallest absolute Gasteiger partial charge is 0.0916 e. The predicted molar refractivity (Wildman–Crippen MR) is 70.9 cm³/mol. The molecular weight excluding hydrogens is 210 g/mol. The number of aliphatic hydroxyl groups is 1. The molecule has 0 aromatic heterocycles. The fraction of sp³-hybridized carbons (Fsp3) is 0.600. The largest absolute Gasteiger partial charge is 0.387 e. The van der Waals surface area contributed by atoms with E-state index in [0.29, 0.717) is 5.41 Å². The Morgan fingerprint density at radius 3 is 2.29 bits per heavy atom. The summed E-state index contributed by atoms with van der Waals surface area (Å²) in [4.78, 5) is 2.37. The Hall–Kier alpha value is -0.860. The van der Waals surface area contributed by atoms with E-state index >= 15 is 0 Å². The van der Waals surface area contributed by atoms with Crippen molar-refractivity contribution in [1.29, 1.82) is 0 Å². The fourth-order valence-corrected chi connectivity index (χ4v) is 2.75. The summed E-state index contributed by atoms with van der Waals surface area (Å²) >= 11 is 0. The van der Waals surface area contributed by atoms with Gasteiger partial charge in [0.15, 0.2) is 0 Å². The second kappa shape index (κ2) is 5.19. The molecule has 0 saturated carbocycles. The van der Waals surface area contributed by atoms with Crippen LogP contribution in [0, 0.1) is 5.41 Å². The Kier molecular flexibility index (Phi) is 3.85. The molecule has 1 fully saturated rings. The molecule has 2 nitrogen and oxygen atoms in total. The molecule has 1 aromatic carbocycles. The van der Waals surface area contributed by atoms with Gasteiger partial charge in [0.05, 0.1) is 6.10 Å².